The minimum absolute atomic E-state index is 0.0312. The second-order valence-electron chi connectivity index (χ2n) is 3.15. The summed E-state index contributed by atoms with van der Waals surface area (Å²) in [5, 5.41) is 4.08. The lowest BCUT2D eigenvalue weighted by Gasteiger charge is -2.12. The molecule has 1 saturated carbocycles. The van der Waals surface area contributed by atoms with Crippen LogP contribution in [0.5, 0.6) is 0 Å². The van der Waals surface area contributed by atoms with Gasteiger partial charge in [-0.15, -0.1) is 0 Å². The Kier molecular flexibility index (Phi) is 2.17. The fourth-order valence-electron chi connectivity index (χ4n) is 1.69. The molecule has 0 amide bonds. The number of rotatable bonds is 1. The Morgan fingerprint density at radius 2 is 2.42 bits per heavy atom. The van der Waals surface area contributed by atoms with Crippen molar-refractivity contribution in [2.45, 2.75) is 31.5 Å². The Labute approximate surface area is 78.9 Å². The average molecular weight is 233 g/mol. The van der Waals surface area contributed by atoms with E-state index >= 15 is 0 Å². The van der Waals surface area contributed by atoms with Gasteiger partial charge in [-0.3, -0.25) is 4.68 Å². The molecule has 0 unspecified atom stereocenters. The van der Waals surface area contributed by atoms with Crippen LogP contribution < -0.4 is 0 Å². The summed E-state index contributed by atoms with van der Waals surface area (Å²) in [7, 11) is 0. The van der Waals surface area contributed by atoms with E-state index in [0.717, 1.165) is 17.3 Å². The number of halogens is 2. The molecule has 0 aromatic carbocycles. The molecule has 1 fully saturated rings. The second-order valence-corrected chi connectivity index (χ2v) is 4.07. The standard InChI is InChI=1S/C8H10BrFN2/c9-6-4-11-12(5-6)8-3-1-2-7(8)10/h4-5,7-8H,1-3H2/t7-,8-/m0/s1. The first-order valence-corrected chi connectivity index (χ1v) is 4.90. The van der Waals surface area contributed by atoms with Crippen LogP contribution >= 0.6 is 15.9 Å². The van der Waals surface area contributed by atoms with E-state index < -0.39 is 6.17 Å². The van der Waals surface area contributed by atoms with Gasteiger partial charge in [-0.05, 0) is 35.2 Å². The summed E-state index contributed by atoms with van der Waals surface area (Å²) >= 11 is 3.29. The molecule has 0 saturated heterocycles. The van der Waals surface area contributed by atoms with Crippen molar-refractivity contribution >= 4 is 15.9 Å². The lowest BCUT2D eigenvalue weighted by atomic mass is 10.2. The van der Waals surface area contributed by atoms with Crippen molar-refractivity contribution in [3.63, 3.8) is 0 Å². The zero-order valence-electron chi connectivity index (χ0n) is 6.58. The SMILES string of the molecule is F[C@H]1CCC[C@@H]1n1cc(Br)cn1. The molecule has 12 heavy (non-hydrogen) atoms. The van der Waals surface area contributed by atoms with Crippen molar-refractivity contribution in [3.05, 3.63) is 16.9 Å². The maximum atomic E-state index is 13.2. The number of aromatic nitrogens is 2. The molecule has 2 nitrogen and oxygen atoms in total. The summed E-state index contributed by atoms with van der Waals surface area (Å²) in [4.78, 5) is 0. The minimum atomic E-state index is -0.711. The molecule has 4 heteroatoms. The van der Waals surface area contributed by atoms with Crippen molar-refractivity contribution < 1.29 is 4.39 Å². The van der Waals surface area contributed by atoms with Gasteiger partial charge in [-0.2, -0.15) is 5.10 Å². The van der Waals surface area contributed by atoms with Gasteiger partial charge in [0.05, 0.1) is 16.7 Å². The first kappa shape index (κ1) is 8.23. The van der Waals surface area contributed by atoms with Crippen LogP contribution in [-0.4, -0.2) is 16.0 Å². The summed E-state index contributed by atoms with van der Waals surface area (Å²) in [6, 6.07) is -0.0312. The third-order valence-electron chi connectivity index (χ3n) is 2.31. The van der Waals surface area contributed by atoms with Gasteiger partial charge < -0.3 is 0 Å². The fourth-order valence-corrected chi connectivity index (χ4v) is 1.99. The predicted octanol–water partition coefficient (Wildman–Crippen LogP) is 2.71. The zero-order valence-corrected chi connectivity index (χ0v) is 8.17. The van der Waals surface area contributed by atoms with E-state index in [1.807, 2.05) is 6.20 Å². The van der Waals surface area contributed by atoms with Gasteiger partial charge in [0.25, 0.3) is 0 Å². The number of hydrogen-bond donors (Lipinski definition) is 0. The highest BCUT2D eigenvalue weighted by molar-refractivity contribution is 9.10. The minimum Gasteiger partial charge on any atom is -0.266 e. The maximum Gasteiger partial charge on any atom is 0.122 e. The zero-order chi connectivity index (χ0) is 8.55. The van der Waals surface area contributed by atoms with Crippen molar-refractivity contribution in [2.75, 3.05) is 0 Å². The van der Waals surface area contributed by atoms with Gasteiger partial charge in [0, 0.05) is 6.20 Å². The summed E-state index contributed by atoms with van der Waals surface area (Å²) < 4.78 is 15.8. The van der Waals surface area contributed by atoms with Crippen LogP contribution in [0.25, 0.3) is 0 Å². The van der Waals surface area contributed by atoms with Gasteiger partial charge in [-0.25, -0.2) is 4.39 Å². The molecule has 2 rings (SSSR count). The third-order valence-corrected chi connectivity index (χ3v) is 2.72. The van der Waals surface area contributed by atoms with Gasteiger partial charge in [0.1, 0.15) is 6.17 Å². The van der Waals surface area contributed by atoms with Gasteiger partial charge in [0.15, 0.2) is 0 Å². The highest BCUT2D eigenvalue weighted by Gasteiger charge is 2.28. The molecule has 0 radical (unpaired) electrons. The van der Waals surface area contributed by atoms with Crippen molar-refractivity contribution in [2.24, 2.45) is 0 Å². The highest BCUT2D eigenvalue weighted by atomic mass is 79.9. The van der Waals surface area contributed by atoms with Crippen LogP contribution in [0.3, 0.4) is 0 Å². The molecule has 0 N–H and O–H groups in total. The normalized spacial score (nSPS) is 29.5. The van der Waals surface area contributed by atoms with Gasteiger partial charge in [-0.1, -0.05) is 0 Å². The van der Waals surface area contributed by atoms with E-state index in [0.29, 0.717) is 6.42 Å². The highest BCUT2D eigenvalue weighted by Crippen LogP contribution is 2.32. The molecule has 1 heterocycles. The Balaban J connectivity index is 2.19. The van der Waals surface area contributed by atoms with Crippen LogP contribution in [-0.2, 0) is 0 Å². The van der Waals surface area contributed by atoms with E-state index in [2.05, 4.69) is 21.0 Å². The molecule has 0 bridgehead atoms. The smallest absolute Gasteiger partial charge is 0.122 e. The monoisotopic (exact) mass is 232 g/mol. The molecular weight excluding hydrogens is 223 g/mol. The molecule has 1 aromatic heterocycles. The topological polar surface area (TPSA) is 17.8 Å². The lowest BCUT2D eigenvalue weighted by Crippen LogP contribution is -2.14. The number of nitrogens with zero attached hydrogens (tertiary/aromatic N) is 2. The summed E-state index contributed by atoms with van der Waals surface area (Å²) in [5.41, 5.74) is 0. The van der Waals surface area contributed by atoms with Crippen LogP contribution in [0.1, 0.15) is 25.3 Å². The molecule has 1 aliphatic rings. The summed E-state index contributed by atoms with van der Waals surface area (Å²) in [5.74, 6) is 0. The molecule has 66 valence electrons. The lowest BCUT2D eigenvalue weighted by molar-refractivity contribution is 0.250. The van der Waals surface area contributed by atoms with Crippen molar-refractivity contribution in [1.29, 1.82) is 0 Å². The largest absolute Gasteiger partial charge is 0.266 e. The van der Waals surface area contributed by atoms with E-state index in [4.69, 9.17) is 0 Å². The first-order valence-electron chi connectivity index (χ1n) is 4.11. The molecule has 1 aliphatic carbocycles. The Bertz CT molecular complexity index is 274. The molecular formula is C8H10BrFN2. The summed E-state index contributed by atoms with van der Waals surface area (Å²) in [6.45, 7) is 0. The van der Waals surface area contributed by atoms with Crippen molar-refractivity contribution in [1.82, 2.24) is 9.78 Å². The van der Waals surface area contributed by atoms with Crippen LogP contribution in [0.4, 0.5) is 4.39 Å². The molecule has 0 spiro atoms. The van der Waals surface area contributed by atoms with Crippen molar-refractivity contribution in [3.8, 4) is 0 Å². The molecule has 2 atom stereocenters. The molecule has 1 aromatic rings. The fraction of sp³-hybridized carbons (Fsp3) is 0.625. The van der Waals surface area contributed by atoms with E-state index in [1.165, 1.54) is 0 Å². The number of hydrogen-bond acceptors (Lipinski definition) is 1. The Hall–Kier alpha value is -0.380. The quantitative estimate of drug-likeness (QED) is 0.729. The number of alkyl halides is 1. The van der Waals surface area contributed by atoms with Gasteiger partial charge >= 0.3 is 0 Å². The maximum absolute atomic E-state index is 13.2. The third kappa shape index (κ3) is 1.40. The molecule has 0 aliphatic heterocycles. The second kappa shape index (κ2) is 3.17. The Morgan fingerprint density at radius 1 is 1.58 bits per heavy atom. The van der Waals surface area contributed by atoms with Crippen LogP contribution in [0, 0.1) is 0 Å². The Morgan fingerprint density at radius 3 is 2.92 bits per heavy atom. The first-order chi connectivity index (χ1) is 5.77. The van der Waals surface area contributed by atoms with E-state index in [1.54, 1.807) is 10.9 Å². The van der Waals surface area contributed by atoms with E-state index in [9.17, 15) is 4.39 Å². The van der Waals surface area contributed by atoms with Crippen LogP contribution in [0.15, 0.2) is 16.9 Å². The average Bonchev–Trinajstić information content (AvgIpc) is 2.58. The van der Waals surface area contributed by atoms with Gasteiger partial charge in [0.2, 0.25) is 0 Å². The summed E-state index contributed by atoms with van der Waals surface area (Å²) in [6.07, 6.45) is 5.39. The van der Waals surface area contributed by atoms with Crippen LogP contribution in [0.2, 0.25) is 0 Å². The predicted molar refractivity (Wildman–Crippen MR) is 47.7 cm³/mol. The van der Waals surface area contributed by atoms with E-state index in [-0.39, 0.29) is 6.04 Å².